The van der Waals surface area contributed by atoms with Crippen LogP contribution in [0.15, 0.2) is 28.7 Å². The summed E-state index contributed by atoms with van der Waals surface area (Å²) in [7, 11) is 0. The van der Waals surface area contributed by atoms with E-state index >= 15 is 0 Å². The van der Waals surface area contributed by atoms with E-state index in [0.29, 0.717) is 12.5 Å². The Hall–Kier alpha value is -1.99. The zero-order valence-corrected chi connectivity index (χ0v) is 18.6. The van der Waals surface area contributed by atoms with Crippen LogP contribution < -0.4 is 10.2 Å². The van der Waals surface area contributed by atoms with Crippen molar-refractivity contribution in [3.05, 3.63) is 45.8 Å². The molecule has 3 rings (SSSR count). The lowest BCUT2D eigenvalue weighted by Gasteiger charge is -2.35. The second kappa shape index (κ2) is 9.01. The van der Waals surface area contributed by atoms with Crippen molar-refractivity contribution in [1.29, 1.82) is 0 Å². The molecule has 1 fully saturated rings. The van der Waals surface area contributed by atoms with E-state index in [1.807, 2.05) is 38.1 Å². The highest BCUT2D eigenvalue weighted by molar-refractivity contribution is 9.10. The Kier molecular flexibility index (Phi) is 6.67. The fourth-order valence-corrected chi connectivity index (χ4v) is 3.84. The number of carbonyl (C=O) groups excluding carboxylic acids is 1. The van der Waals surface area contributed by atoms with E-state index in [9.17, 15) is 4.79 Å². The van der Waals surface area contributed by atoms with Crippen molar-refractivity contribution < 1.29 is 4.79 Å². The molecule has 0 radical (unpaired) electrons. The number of amides is 1. The maximum atomic E-state index is 12.4. The summed E-state index contributed by atoms with van der Waals surface area (Å²) in [5, 5.41) is 2.99. The van der Waals surface area contributed by atoms with Crippen LogP contribution in [-0.4, -0.2) is 53.5 Å². The summed E-state index contributed by atoms with van der Waals surface area (Å²) < 4.78 is 0.908. The van der Waals surface area contributed by atoms with Crippen molar-refractivity contribution in [2.75, 3.05) is 42.9 Å². The van der Waals surface area contributed by atoms with Gasteiger partial charge < -0.3 is 10.2 Å². The Morgan fingerprint density at radius 3 is 2.50 bits per heavy atom. The Morgan fingerprint density at radius 1 is 1.14 bits per heavy atom. The Labute approximate surface area is 175 Å². The van der Waals surface area contributed by atoms with Gasteiger partial charge in [-0.05, 0) is 47.5 Å². The molecule has 0 saturated carbocycles. The van der Waals surface area contributed by atoms with Crippen LogP contribution in [0.25, 0.3) is 0 Å². The van der Waals surface area contributed by atoms with Gasteiger partial charge in [0.1, 0.15) is 11.6 Å². The number of halogens is 1. The van der Waals surface area contributed by atoms with Crippen molar-refractivity contribution in [2.45, 2.75) is 33.6 Å². The van der Waals surface area contributed by atoms with Crippen LogP contribution in [0, 0.1) is 13.8 Å². The molecule has 2 aromatic rings. The number of hydrogen-bond acceptors (Lipinski definition) is 5. The molecule has 1 aromatic heterocycles. The summed E-state index contributed by atoms with van der Waals surface area (Å²) in [6.45, 7) is 12.0. The van der Waals surface area contributed by atoms with Crippen LogP contribution in [-0.2, 0) is 4.79 Å². The summed E-state index contributed by atoms with van der Waals surface area (Å²) >= 11 is 3.51. The van der Waals surface area contributed by atoms with Crippen LogP contribution in [0.4, 0.5) is 11.5 Å². The molecule has 1 amide bonds. The van der Waals surface area contributed by atoms with E-state index in [1.165, 1.54) is 0 Å². The highest BCUT2D eigenvalue weighted by atomic mass is 79.9. The van der Waals surface area contributed by atoms with Gasteiger partial charge in [-0.2, -0.15) is 0 Å². The molecule has 1 aliphatic rings. The van der Waals surface area contributed by atoms with Gasteiger partial charge in [0.05, 0.1) is 12.2 Å². The molecule has 28 heavy (non-hydrogen) atoms. The largest absolute Gasteiger partial charge is 0.354 e. The van der Waals surface area contributed by atoms with Gasteiger partial charge in [-0.15, -0.1) is 0 Å². The molecule has 0 unspecified atom stereocenters. The second-order valence-corrected chi connectivity index (χ2v) is 8.53. The molecule has 150 valence electrons. The molecular weight excluding hydrogens is 418 g/mol. The number of hydrogen-bond donors (Lipinski definition) is 1. The predicted octanol–water partition coefficient (Wildman–Crippen LogP) is 3.74. The number of piperazine rings is 1. The van der Waals surface area contributed by atoms with Gasteiger partial charge in [0.2, 0.25) is 5.91 Å². The van der Waals surface area contributed by atoms with Gasteiger partial charge >= 0.3 is 0 Å². The zero-order chi connectivity index (χ0) is 20.3. The van der Waals surface area contributed by atoms with E-state index < -0.39 is 0 Å². The summed E-state index contributed by atoms with van der Waals surface area (Å²) in [6, 6.07) is 7.97. The van der Waals surface area contributed by atoms with Crippen LogP contribution >= 0.6 is 15.9 Å². The average Bonchev–Trinajstić information content (AvgIpc) is 2.64. The Morgan fingerprint density at radius 2 is 1.86 bits per heavy atom. The van der Waals surface area contributed by atoms with Gasteiger partial charge in [0, 0.05) is 48.3 Å². The molecule has 1 aliphatic heterocycles. The molecule has 1 aromatic carbocycles. The average molecular weight is 446 g/mol. The highest BCUT2D eigenvalue weighted by Gasteiger charge is 2.21. The van der Waals surface area contributed by atoms with Crippen LogP contribution in [0.3, 0.4) is 0 Å². The molecule has 6 nitrogen and oxygen atoms in total. The lowest BCUT2D eigenvalue weighted by Crippen LogP contribution is -2.49. The van der Waals surface area contributed by atoms with Crippen LogP contribution in [0.2, 0.25) is 0 Å². The van der Waals surface area contributed by atoms with Crippen molar-refractivity contribution in [3.63, 3.8) is 0 Å². The van der Waals surface area contributed by atoms with Crippen LogP contribution in [0.1, 0.15) is 36.8 Å². The predicted molar refractivity (Wildman–Crippen MR) is 117 cm³/mol. The number of benzene rings is 1. The summed E-state index contributed by atoms with van der Waals surface area (Å²) in [5.74, 6) is 2.20. The van der Waals surface area contributed by atoms with E-state index in [2.05, 4.69) is 49.9 Å². The molecule has 7 heteroatoms. The first-order valence-corrected chi connectivity index (χ1v) is 10.5. The number of nitrogens with one attached hydrogen (secondary N) is 1. The number of nitrogens with zero attached hydrogens (tertiary/aromatic N) is 4. The van der Waals surface area contributed by atoms with Gasteiger partial charge in [-0.1, -0.05) is 19.9 Å². The molecule has 2 heterocycles. The minimum atomic E-state index is 0.0120. The van der Waals surface area contributed by atoms with Crippen molar-refractivity contribution in [1.82, 2.24) is 14.9 Å². The zero-order valence-electron chi connectivity index (χ0n) is 17.0. The standard InChI is InChI=1S/C21H28BrN5O/c1-14(2)21-23-16(4)12-19(25-21)27-9-7-26(8-10-27)13-20(28)24-18-6-5-15(3)11-17(18)22/h5-6,11-12,14H,7-10,13H2,1-4H3,(H,24,28). The third-order valence-corrected chi connectivity index (χ3v) is 5.49. The maximum Gasteiger partial charge on any atom is 0.238 e. The van der Waals surface area contributed by atoms with Crippen molar-refractivity contribution >= 4 is 33.3 Å². The van der Waals surface area contributed by atoms with Gasteiger partial charge in [0.25, 0.3) is 0 Å². The van der Waals surface area contributed by atoms with E-state index in [-0.39, 0.29) is 5.91 Å². The first-order valence-electron chi connectivity index (χ1n) is 9.70. The topological polar surface area (TPSA) is 61.4 Å². The normalized spacial score (nSPS) is 15.1. The first kappa shape index (κ1) is 20.7. The lowest BCUT2D eigenvalue weighted by molar-refractivity contribution is -0.117. The monoisotopic (exact) mass is 445 g/mol. The molecular formula is C21H28BrN5O. The first-order chi connectivity index (χ1) is 13.3. The molecule has 1 N–H and O–H groups in total. The van der Waals surface area contributed by atoms with Crippen molar-refractivity contribution in [2.24, 2.45) is 0 Å². The molecule has 1 saturated heterocycles. The highest BCUT2D eigenvalue weighted by Crippen LogP contribution is 2.23. The fourth-order valence-electron chi connectivity index (χ4n) is 3.24. The Bertz CT molecular complexity index is 847. The maximum absolute atomic E-state index is 12.4. The quantitative estimate of drug-likeness (QED) is 0.759. The number of aryl methyl sites for hydroxylation is 2. The minimum Gasteiger partial charge on any atom is -0.354 e. The van der Waals surface area contributed by atoms with Crippen LogP contribution in [0.5, 0.6) is 0 Å². The van der Waals surface area contributed by atoms with Gasteiger partial charge in [-0.25, -0.2) is 9.97 Å². The van der Waals surface area contributed by atoms with Gasteiger partial charge in [0.15, 0.2) is 0 Å². The summed E-state index contributed by atoms with van der Waals surface area (Å²) in [4.78, 5) is 26.2. The number of aromatic nitrogens is 2. The van der Waals surface area contributed by atoms with E-state index in [0.717, 1.165) is 59.2 Å². The number of carbonyl (C=O) groups is 1. The van der Waals surface area contributed by atoms with E-state index in [4.69, 9.17) is 4.98 Å². The molecule has 0 spiro atoms. The third kappa shape index (κ3) is 5.29. The molecule has 0 bridgehead atoms. The molecule has 0 atom stereocenters. The summed E-state index contributed by atoms with van der Waals surface area (Å²) in [6.07, 6.45) is 0. The second-order valence-electron chi connectivity index (χ2n) is 7.68. The molecule has 0 aliphatic carbocycles. The summed E-state index contributed by atoms with van der Waals surface area (Å²) in [5.41, 5.74) is 2.97. The smallest absolute Gasteiger partial charge is 0.238 e. The fraction of sp³-hybridized carbons (Fsp3) is 0.476. The lowest BCUT2D eigenvalue weighted by atomic mass is 10.2. The van der Waals surface area contributed by atoms with Crippen molar-refractivity contribution in [3.8, 4) is 0 Å². The Balaban J connectivity index is 1.55. The number of anilines is 2. The van der Waals surface area contributed by atoms with E-state index in [1.54, 1.807) is 0 Å². The number of rotatable bonds is 5. The van der Waals surface area contributed by atoms with Gasteiger partial charge in [-0.3, -0.25) is 9.69 Å². The minimum absolute atomic E-state index is 0.0120. The third-order valence-electron chi connectivity index (χ3n) is 4.84. The SMILES string of the molecule is Cc1ccc(NC(=O)CN2CCN(c3cc(C)nc(C(C)C)n3)CC2)c(Br)c1.